The fourth-order valence-corrected chi connectivity index (χ4v) is 10.5. The van der Waals surface area contributed by atoms with Gasteiger partial charge in [0.15, 0.2) is 5.89 Å². The van der Waals surface area contributed by atoms with Crippen LogP contribution in [0, 0.1) is 24.7 Å². The minimum Gasteiger partial charge on any atom is -0.490 e. The topological polar surface area (TPSA) is 103 Å². The second kappa shape index (κ2) is 14.5. The lowest BCUT2D eigenvalue weighted by Gasteiger charge is -2.50. The standard InChI is InChI=1S/C40H52ClN3O6S/c1-26-8-6-17-40(48-5,20-38-43-35(23-47-4)27(2)50-38)34-13-11-31(34)22-44-24-39(16-7-9-30-19-32(41)12-14-33(30)39)25-49-37-15-10-29(18-36(37)44)21-42-51(45,46)28(26)3/h6,10,12,14-15,17-19,26,28,31,34,42H,7-9,11,13,16,20-25H2,1-5H3/b17-6+/t26-,28+,31-,34+,39-,40+/m0/s1. The second-order valence-electron chi connectivity index (χ2n) is 15.4. The van der Waals surface area contributed by atoms with Crippen molar-refractivity contribution >= 4 is 27.3 Å². The van der Waals surface area contributed by atoms with E-state index in [1.807, 2.05) is 32.0 Å². The molecule has 0 unspecified atom stereocenters. The molecule has 2 aliphatic heterocycles. The molecule has 276 valence electrons. The fourth-order valence-electron chi connectivity index (χ4n) is 8.95. The zero-order chi connectivity index (χ0) is 36.0. The quantitative estimate of drug-likeness (QED) is 0.272. The van der Waals surface area contributed by atoms with Gasteiger partial charge in [-0.25, -0.2) is 18.1 Å². The minimum atomic E-state index is -3.59. The van der Waals surface area contributed by atoms with Crippen molar-refractivity contribution in [1.29, 1.82) is 0 Å². The van der Waals surface area contributed by atoms with Crippen LogP contribution < -0.4 is 14.4 Å². The summed E-state index contributed by atoms with van der Waals surface area (Å²) in [7, 11) is -0.153. The van der Waals surface area contributed by atoms with Crippen molar-refractivity contribution in [3.63, 3.8) is 0 Å². The van der Waals surface area contributed by atoms with Crippen molar-refractivity contribution in [1.82, 2.24) is 9.71 Å². The number of ether oxygens (including phenoxy) is 3. The Balaban J connectivity index is 1.31. The largest absolute Gasteiger partial charge is 0.490 e. The number of rotatable bonds is 5. The van der Waals surface area contributed by atoms with Gasteiger partial charge in [0, 0.05) is 44.3 Å². The van der Waals surface area contributed by atoms with Gasteiger partial charge in [-0.1, -0.05) is 42.8 Å². The van der Waals surface area contributed by atoms with Crippen LogP contribution in [0.5, 0.6) is 5.75 Å². The third-order valence-electron chi connectivity index (χ3n) is 12.3. The molecule has 2 aliphatic carbocycles. The summed E-state index contributed by atoms with van der Waals surface area (Å²) in [5.41, 5.74) is 4.42. The number of methoxy groups -OCH3 is 2. The van der Waals surface area contributed by atoms with Gasteiger partial charge in [-0.15, -0.1) is 0 Å². The molecule has 0 saturated heterocycles. The van der Waals surface area contributed by atoms with Crippen molar-refractivity contribution in [2.45, 2.75) is 95.1 Å². The number of benzene rings is 2. The lowest BCUT2D eigenvalue weighted by Crippen LogP contribution is -2.54. The Kier molecular flexibility index (Phi) is 10.4. The van der Waals surface area contributed by atoms with Crippen molar-refractivity contribution < 1.29 is 27.0 Å². The SMILES string of the molecule is COCc1nc(C[C@]2(OC)/C=C/C[C@H](C)[C@@H](C)S(=O)(=O)NCc3ccc4c(c3)N(C[C@@H]3CC[C@H]32)C[C@@]2(CCCc3cc(Cl)ccc32)CO4)oc1C. The van der Waals surface area contributed by atoms with Crippen LogP contribution in [0.2, 0.25) is 5.02 Å². The summed E-state index contributed by atoms with van der Waals surface area (Å²) in [4.78, 5) is 7.35. The number of hydrogen-bond acceptors (Lipinski definition) is 8. The van der Waals surface area contributed by atoms with E-state index in [1.165, 1.54) is 11.1 Å². The van der Waals surface area contributed by atoms with Crippen molar-refractivity contribution in [2.24, 2.45) is 17.8 Å². The summed E-state index contributed by atoms with van der Waals surface area (Å²) in [6.07, 6.45) is 10.5. The third kappa shape index (κ3) is 7.11. The lowest BCUT2D eigenvalue weighted by atomic mass is 9.63. The van der Waals surface area contributed by atoms with E-state index in [1.54, 1.807) is 21.1 Å². The van der Waals surface area contributed by atoms with Crippen LogP contribution in [0.1, 0.15) is 80.0 Å². The highest BCUT2D eigenvalue weighted by atomic mass is 35.5. The van der Waals surface area contributed by atoms with Crippen LogP contribution in [-0.4, -0.2) is 58.2 Å². The number of sulfonamides is 1. The number of nitrogens with one attached hydrogen (secondary N) is 1. The van der Waals surface area contributed by atoms with Crippen molar-refractivity contribution in [2.75, 3.05) is 38.8 Å². The van der Waals surface area contributed by atoms with Crippen LogP contribution in [-0.2, 0) is 50.9 Å². The van der Waals surface area contributed by atoms with Gasteiger partial charge in [-0.05, 0) is 111 Å². The van der Waals surface area contributed by atoms with Crippen LogP contribution in [0.3, 0.4) is 0 Å². The summed E-state index contributed by atoms with van der Waals surface area (Å²) in [5, 5.41) is 0.177. The second-order valence-corrected chi connectivity index (χ2v) is 18.0. The molecule has 3 aromatic rings. The molecule has 2 aromatic carbocycles. The Morgan fingerprint density at radius 1 is 1.14 bits per heavy atom. The van der Waals surface area contributed by atoms with Gasteiger partial charge < -0.3 is 23.5 Å². The first-order valence-electron chi connectivity index (χ1n) is 18.4. The molecule has 11 heteroatoms. The third-order valence-corrected chi connectivity index (χ3v) is 14.5. The fraction of sp³-hybridized carbons (Fsp3) is 0.575. The van der Waals surface area contributed by atoms with E-state index < -0.39 is 20.9 Å². The molecular formula is C40H52ClN3O6S. The maximum Gasteiger partial charge on any atom is 0.214 e. The zero-order valence-electron chi connectivity index (χ0n) is 30.5. The highest BCUT2D eigenvalue weighted by molar-refractivity contribution is 7.90. The predicted molar refractivity (Wildman–Crippen MR) is 200 cm³/mol. The lowest BCUT2D eigenvalue weighted by molar-refractivity contribution is -0.0777. The van der Waals surface area contributed by atoms with Gasteiger partial charge in [0.25, 0.3) is 0 Å². The van der Waals surface area contributed by atoms with Crippen LogP contribution in [0.4, 0.5) is 5.69 Å². The van der Waals surface area contributed by atoms with Crippen molar-refractivity contribution in [3.05, 3.63) is 87.6 Å². The van der Waals surface area contributed by atoms with Crippen LogP contribution in [0.25, 0.3) is 0 Å². The molecule has 1 N–H and O–H groups in total. The zero-order valence-corrected chi connectivity index (χ0v) is 32.1. The Morgan fingerprint density at radius 3 is 2.75 bits per heavy atom. The number of oxazole rings is 1. The molecular weight excluding hydrogens is 686 g/mol. The first-order valence-corrected chi connectivity index (χ1v) is 20.3. The number of aromatic nitrogens is 1. The van der Waals surface area contributed by atoms with Gasteiger partial charge in [0.1, 0.15) is 17.2 Å². The molecule has 0 amide bonds. The highest BCUT2D eigenvalue weighted by Crippen LogP contribution is 2.50. The molecule has 7 rings (SSSR count). The van der Waals surface area contributed by atoms with E-state index in [9.17, 15) is 8.42 Å². The molecule has 9 nitrogen and oxygen atoms in total. The summed E-state index contributed by atoms with van der Waals surface area (Å²) in [6, 6.07) is 12.5. The predicted octanol–water partition coefficient (Wildman–Crippen LogP) is 7.31. The Bertz CT molecular complexity index is 1880. The van der Waals surface area contributed by atoms with Crippen molar-refractivity contribution in [3.8, 4) is 5.75 Å². The molecule has 3 heterocycles. The number of aryl methyl sites for hydroxylation is 2. The Labute approximate surface area is 308 Å². The molecule has 1 fully saturated rings. The van der Waals surface area contributed by atoms with Gasteiger partial charge in [-0.2, -0.15) is 0 Å². The molecule has 0 radical (unpaired) electrons. The van der Waals surface area contributed by atoms with E-state index in [0.29, 0.717) is 37.9 Å². The number of nitrogens with zero attached hydrogens (tertiary/aromatic N) is 2. The number of allylic oxidation sites excluding steroid dienone is 1. The van der Waals surface area contributed by atoms with Crippen LogP contribution >= 0.6 is 11.6 Å². The molecule has 1 spiro atoms. The highest BCUT2D eigenvalue weighted by Gasteiger charge is 2.50. The van der Waals surface area contributed by atoms with Gasteiger partial charge >= 0.3 is 0 Å². The molecule has 51 heavy (non-hydrogen) atoms. The Hall–Kier alpha value is -2.89. The van der Waals surface area contributed by atoms with E-state index in [-0.39, 0.29) is 23.8 Å². The monoisotopic (exact) mass is 737 g/mol. The molecule has 1 saturated carbocycles. The normalized spacial score (nSPS) is 31.1. The summed E-state index contributed by atoms with van der Waals surface area (Å²) >= 11 is 6.50. The van der Waals surface area contributed by atoms with E-state index in [0.717, 1.165) is 78.7 Å². The first kappa shape index (κ1) is 36.5. The van der Waals surface area contributed by atoms with Gasteiger partial charge in [0.2, 0.25) is 10.0 Å². The van der Waals surface area contributed by atoms with Crippen LogP contribution in [0.15, 0.2) is 53.0 Å². The van der Waals surface area contributed by atoms with E-state index >= 15 is 0 Å². The molecule has 1 aromatic heterocycles. The average molecular weight is 738 g/mol. The summed E-state index contributed by atoms with van der Waals surface area (Å²) in [6.45, 7) is 8.49. The first-order chi connectivity index (χ1) is 24.5. The van der Waals surface area contributed by atoms with Gasteiger partial charge in [0.05, 0.1) is 36.2 Å². The van der Waals surface area contributed by atoms with E-state index in [2.05, 4.69) is 40.0 Å². The Morgan fingerprint density at radius 2 is 1.98 bits per heavy atom. The van der Waals surface area contributed by atoms with Gasteiger partial charge in [-0.3, -0.25) is 0 Å². The maximum atomic E-state index is 13.6. The number of fused-ring (bicyclic) bond motifs is 4. The average Bonchev–Trinajstić information content (AvgIpc) is 3.36. The molecule has 6 atom stereocenters. The summed E-state index contributed by atoms with van der Waals surface area (Å²) in [5.74, 6) is 2.60. The maximum absolute atomic E-state index is 13.6. The number of anilines is 1. The molecule has 2 bridgehead atoms. The summed E-state index contributed by atoms with van der Waals surface area (Å²) < 4.78 is 55.0. The van der Waals surface area contributed by atoms with E-state index in [4.69, 9.17) is 35.2 Å². The smallest absolute Gasteiger partial charge is 0.214 e. The molecule has 4 aliphatic rings. The number of hydrogen-bond donors (Lipinski definition) is 1. The minimum absolute atomic E-state index is 0.115. The number of halogens is 1.